The molecule has 0 saturated carbocycles. The van der Waals surface area contributed by atoms with Crippen LogP contribution in [0.1, 0.15) is 55.3 Å². The van der Waals surface area contributed by atoms with Crippen LogP contribution in [0.3, 0.4) is 0 Å². The monoisotopic (exact) mass is 736 g/mol. The molecule has 278 valence electrons. The molecular formula is C44H40N4O7. The van der Waals surface area contributed by atoms with Gasteiger partial charge in [-0.05, 0) is 117 Å². The smallest absolute Gasteiger partial charge is 0.255 e. The van der Waals surface area contributed by atoms with Crippen LogP contribution >= 0.6 is 0 Å². The third-order valence-corrected chi connectivity index (χ3v) is 8.06. The van der Waals surface area contributed by atoms with Crippen LogP contribution in [0.5, 0.6) is 28.7 Å². The van der Waals surface area contributed by atoms with E-state index in [1.165, 1.54) is 32.0 Å². The Bertz CT molecular complexity index is 2310. The molecule has 11 heteroatoms. The largest absolute Gasteiger partial charge is 0.508 e. The number of hydrogen-bond donors (Lipinski definition) is 5. The van der Waals surface area contributed by atoms with Crippen molar-refractivity contribution in [3.8, 4) is 28.7 Å². The molecule has 0 bridgehead atoms. The van der Waals surface area contributed by atoms with E-state index in [4.69, 9.17) is 9.47 Å². The van der Waals surface area contributed by atoms with E-state index in [2.05, 4.69) is 21.3 Å². The molecule has 5 N–H and O–H groups in total. The van der Waals surface area contributed by atoms with Crippen LogP contribution in [0, 0.1) is 0 Å². The first-order chi connectivity index (χ1) is 26.5. The Morgan fingerprint density at radius 2 is 0.855 bits per heavy atom. The highest BCUT2D eigenvalue weighted by molar-refractivity contribution is 6.07. The molecule has 6 aromatic carbocycles. The van der Waals surface area contributed by atoms with Crippen LogP contribution in [-0.2, 0) is 0 Å². The Kier molecular flexibility index (Phi) is 13.0. The Balaban J connectivity index is 0.000000211. The summed E-state index contributed by atoms with van der Waals surface area (Å²) in [5.41, 5.74) is 4.51. The van der Waals surface area contributed by atoms with Gasteiger partial charge in [-0.25, -0.2) is 0 Å². The van der Waals surface area contributed by atoms with E-state index in [9.17, 15) is 24.3 Å². The number of carbonyl (C=O) groups is 4. The third-order valence-electron chi connectivity index (χ3n) is 8.06. The predicted octanol–water partition coefficient (Wildman–Crippen LogP) is 9.66. The molecule has 2 amide bonds. The molecule has 11 nitrogen and oxygen atoms in total. The van der Waals surface area contributed by atoms with Crippen molar-refractivity contribution in [1.82, 2.24) is 0 Å². The van der Waals surface area contributed by atoms with Gasteiger partial charge in [-0.15, -0.1) is 0 Å². The Labute approximate surface area is 319 Å². The van der Waals surface area contributed by atoms with Crippen molar-refractivity contribution in [3.63, 3.8) is 0 Å². The van der Waals surface area contributed by atoms with Crippen molar-refractivity contribution >= 4 is 46.1 Å². The maximum atomic E-state index is 12.5. The van der Waals surface area contributed by atoms with Crippen LogP contribution < -0.4 is 30.7 Å². The molecule has 0 fully saturated rings. The number of nitrogens with one attached hydrogen (secondary N) is 4. The molecule has 0 aliphatic carbocycles. The molecule has 55 heavy (non-hydrogen) atoms. The highest BCUT2D eigenvalue weighted by atomic mass is 16.5. The molecule has 6 rings (SSSR count). The summed E-state index contributed by atoms with van der Waals surface area (Å²) in [5, 5.41) is 21.4. The van der Waals surface area contributed by atoms with Crippen molar-refractivity contribution in [3.05, 3.63) is 162 Å². The summed E-state index contributed by atoms with van der Waals surface area (Å²) in [6.45, 7) is 2.85. The molecular weight excluding hydrogens is 697 g/mol. The minimum absolute atomic E-state index is 0.0793. The highest BCUT2D eigenvalue weighted by Crippen LogP contribution is 2.27. The maximum Gasteiger partial charge on any atom is 0.255 e. The maximum absolute atomic E-state index is 12.5. The van der Waals surface area contributed by atoms with Gasteiger partial charge in [-0.1, -0.05) is 24.3 Å². The summed E-state index contributed by atoms with van der Waals surface area (Å²) >= 11 is 0. The number of rotatable bonds is 12. The van der Waals surface area contributed by atoms with Crippen molar-refractivity contribution in [2.75, 3.05) is 35.4 Å². The zero-order valence-corrected chi connectivity index (χ0v) is 30.7. The van der Waals surface area contributed by atoms with Gasteiger partial charge in [0.1, 0.15) is 28.7 Å². The van der Waals surface area contributed by atoms with Gasteiger partial charge in [-0.2, -0.15) is 0 Å². The lowest BCUT2D eigenvalue weighted by Crippen LogP contribution is -2.12. The van der Waals surface area contributed by atoms with E-state index in [0.717, 1.165) is 11.4 Å². The molecule has 0 spiro atoms. The first-order valence-corrected chi connectivity index (χ1v) is 17.2. The van der Waals surface area contributed by atoms with E-state index in [-0.39, 0.29) is 34.4 Å². The fraction of sp³-hybridized carbons (Fsp3) is 0.0909. The second-order valence-electron chi connectivity index (χ2n) is 12.2. The Morgan fingerprint density at radius 3 is 1.33 bits per heavy atom. The molecule has 0 unspecified atom stereocenters. The number of hydrogen-bond acceptors (Lipinski definition) is 9. The number of ether oxygens (including phenoxy) is 2. The first-order valence-electron chi connectivity index (χ1n) is 17.2. The minimum atomic E-state index is -0.436. The van der Waals surface area contributed by atoms with Gasteiger partial charge < -0.3 is 35.8 Å². The van der Waals surface area contributed by atoms with Gasteiger partial charge >= 0.3 is 0 Å². The van der Waals surface area contributed by atoms with E-state index in [1.54, 1.807) is 66.7 Å². The molecule has 0 atom stereocenters. The molecule has 0 saturated heterocycles. The number of phenols is 1. The standard InChI is InChI=1S/C22H20N2O4.C22H20N2O3/c1-14(25)15-10-16(12-19(26)11-15)22(27)24-18-4-3-5-21(13-18)28-20-8-6-17(23-2)7-9-20;1-15(25)16-5-3-6-17(13-16)22(26)24-19-7-4-8-21(14-19)27-20-11-9-18(23-2)10-12-20/h3-13,23,26H,1-2H3,(H,24,27);3-14,23H,1-2H3,(H,24,26). The van der Waals surface area contributed by atoms with E-state index in [1.807, 2.05) is 68.7 Å². The van der Waals surface area contributed by atoms with Gasteiger partial charge in [0.15, 0.2) is 11.6 Å². The fourth-order valence-electron chi connectivity index (χ4n) is 5.16. The van der Waals surface area contributed by atoms with Crippen LogP contribution in [0.25, 0.3) is 0 Å². The minimum Gasteiger partial charge on any atom is -0.508 e. The van der Waals surface area contributed by atoms with Gasteiger partial charge in [0, 0.05) is 71.2 Å². The molecule has 0 aliphatic heterocycles. The van der Waals surface area contributed by atoms with Crippen molar-refractivity contribution in [2.24, 2.45) is 0 Å². The Morgan fingerprint density at radius 1 is 0.436 bits per heavy atom. The fourth-order valence-corrected chi connectivity index (χ4v) is 5.16. The number of carbonyl (C=O) groups excluding carboxylic acids is 4. The summed E-state index contributed by atoms with van der Waals surface area (Å²) in [7, 11) is 3.70. The SMILES string of the molecule is CNc1ccc(Oc2cccc(NC(=O)c3cc(O)cc(C(C)=O)c3)c2)cc1.CNc1ccc(Oc2cccc(NC(=O)c3cccc(C(C)=O)c3)c2)cc1. The van der Waals surface area contributed by atoms with Crippen molar-refractivity contribution in [1.29, 1.82) is 0 Å². The molecule has 0 aliphatic rings. The van der Waals surface area contributed by atoms with Crippen LogP contribution in [0.4, 0.5) is 22.7 Å². The first kappa shape index (κ1) is 38.8. The number of ketones is 2. The summed E-state index contributed by atoms with van der Waals surface area (Å²) in [6.07, 6.45) is 0. The number of amides is 2. The number of phenolic OH excluding ortho intramolecular Hbond substituents is 1. The lowest BCUT2D eigenvalue weighted by atomic mass is 10.1. The van der Waals surface area contributed by atoms with Gasteiger partial charge in [-0.3, -0.25) is 19.2 Å². The van der Waals surface area contributed by atoms with Gasteiger partial charge in [0.05, 0.1) is 0 Å². The number of benzene rings is 6. The average Bonchev–Trinajstić information content (AvgIpc) is 3.19. The third kappa shape index (κ3) is 11.3. The summed E-state index contributed by atoms with van der Waals surface area (Å²) < 4.78 is 11.6. The quantitative estimate of drug-likeness (QED) is 0.0773. The van der Waals surface area contributed by atoms with E-state index < -0.39 is 5.91 Å². The average molecular weight is 737 g/mol. The summed E-state index contributed by atoms with van der Waals surface area (Å²) in [4.78, 5) is 48.0. The topological polar surface area (TPSA) is 155 Å². The zero-order chi connectivity index (χ0) is 39.3. The second-order valence-corrected chi connectivity index (χ2v) is 12.2. The zero-order valence-electron chi connectivity index (χ0n) is 30.7. The van der Waals surface area contributed by atoms with E-state index >= 15 is 0 Å². The predicted molar refractivity (Wildman–Crippen MR) is 215 cm³/mol. The summed E-state index contributed by atoms with van der Waals surface area (Å²) in [5.74, 6) is 1.38. The lowest BCUT2D eigenvalue weighted by molar-refractivity contribution is 0.100. The molecule has 0 heterocycles. The highest BCUT2D eigenvalue weighted by Gasteiger charge is 2.13. The normalized spacial score (nSPS) is 10.2. The molecule has 0 aromatic heterocycles. The van der Waals surface area contributed by atoms with Crippen LogP contribution in [0.2, 0.25) is 0 Å². The van der Waals surface area contributed by atoms with Crippen molar-refractivity contribution in [2.45, 2.75) is 13.8 Å². The molecule has 0 radical (unpaired) electrons. The van der Waals surface area contributed by atoms with E-state index in [0.29, 0.717) is 45.5 Å². The number of aromatic hydroxyl groups is 1. The van der Waals surface area contributed by atoms with Crippen molar-refractivity contribution < 1.29 is 33.8 Å². The van der Waals surface area contributed by atoms with Crippen LogP contribution in [-0.4, -0.2) is 42.6 Å². The van der Waals surface area contributed by atoms with Crippen LogP contribution in [0.15, 0.2) is 140 Å². The number of anilines is 4. The van der Waals surface area contributed by atoms with Gasteiger partial charge in [0.25, 0.3) is 11.8 Å². The van der Waals surface area contributed by atoms with Gasteiger partial charge in [0.2, 0.25) is 0 Å². The second kappa shape index (κ2) is 18.4. The Hall–Kier alpha value is -7.40. The number of Topliss-reactive ketones (excluding diaryl/α,β-unsaturated/α-hetero) is 2. The lowest BCUT2D eigenvalue weighted by Gasteiger charge is -2.10. The molecule has 6 aromatic rings. The summed E-state index contributed by atoms with van der Waals surface area (Å²) in [6, 6.07) is 39.9.